The van der Waals surface area contributed by atoms with Gasteiger partial charge in [0.15, 0.2) is 0 Å². The topological polar surface area (TPSA) is 110 Å². The summed E-state index contributed by atoms with van der Waals surface area (Å²) in [7, 11) is 0. The van der Waals surface area contributed by atoms with E-state index >= 15 is 0 Å². The van der Waals surface area contributed by atoms with Crippen molar-refractivity contribution in [3.63, 3.8) is 0 Å². The van der Waals surface area contributed by atoms with Crippen molar-refractivity contribution in [3.05, 3.63) is 18.0 Å². The lowest BCUT2D eigenvalue weighted by atomic mass is 9.91. The number of carbonyl (C=O) groups excluding carboxylic acids is 2. The van der Waals surface area contributed by atoms with E-state index in [1.807, 2.05) is 13.8 Å². The molecule has 1 aliphatic rings. The Hall–Kier alpha value is -1.89. The van der Waals surface area contributed by atoms with Gasteiger partial charge in [0.25, 0.3) is 0 Å². The van der Waals surface area contributed by atoms with Crippen LogP contribution in [0.15, 0.2) is 16.8 Å². The van der Waals surface area contributed by atoms with Crippen molar-refractivity contribution in [2.45, 2.75) is 38.3 Å². The lowest BCUT2D eigenvalue weighted by molar-refractivity contribution is -0.139. The molecule has 0 unspecified atom stereocenters. The highest BCUT2D eigenvalue weighted by Gasteiger charge is 2.42. The minimum absolute atomic E-state index is 0.0262. The zero-order chi connectivity index (χ0) is 14.9. The van der Waals surface area contributed by atoms with Gasteiger partial charge in [0.1, 0.15) is 17.7 Å². The van der Waals surface area contributed by atoms with E-state index in [-0.39, 0.29) is 24.8 Å². The molecular formula is C13H19N3O4. The number of β-amino-alcohol motifs (C(OH)–C–C–N with tert-alkyl or cyclic N) is 1. The van der Waals surface area contributed by atoms with Gasteiger partial charge in [-0.3, -0.25) is 9.59 Å². The molecule has 1 aromatic heterocycles. The molecule has 0 spiro atoms. The number of nitrogens with zero attached hydrogens (tertiary/aromatic N) is 2. The Bertz CT molecular complexity index is 486. The number of likely N-dealkylation sites (tertiary alicyclic amines) is 1. The molecule has 0 saturated carbocycles. The van der Waals surface area contributed by atoms with Gasteiger partial charge in [-0.15, -0.1) is 0 Å². The quantitative estimate of drug-likeness (QED) is 0.798. The highest BCUT2D eigenvalue weighted by atomic mass is 16.5. The minimum Gasteiger partial charge on any atom is -0.391 e. The molecule has 0 aliphatic carbocycles. The Kier molecular flexibility index (Phi) is 4.08. The first kappa shape index (κ1) is 14.5. The van der Waals surface area contributed by atoms with Crippen molar-refractivity contribution >= 4 is 11.8 Å². The first-order chi connectivity index (χ1) is 9.41. The van der Waals surface area contributed by atoms with E-state index in [1.165, 1.54) is 11.1 Å². The van der Waals surface area contributed by atoms with Gasteiger partial charge in [0, 0.05) is 19.0 Å². The van der Waals surface area contributed by atoms with Crippen LogP contribution < -0.4 is 5.73 Å². The van der Waals surface area contributed by atoms with Crippen LogP contribution in [-0.2, 0) is 9.59 Å². The summed E-state index contributed by atoms with van der Waals surface area (Å²) in [6.07, 6.45) is 0.934. The first-order valence-corrected chi connectivity index (χ1v) is 6.60. The Labute approximate surface area is 116 Å². The Morgan fingerprint density at radius 2 is 2.25 bits per heavy atom. The summed E-state index contributed by atoms with van der Waals surface area (Å²) in [6, 6.07) is 0.871. The summed E-state index contributed by atoms with van der Waals surface area (Å²) < 4.78 is 5.08. The highest BCUT2D eigenvalue weighted by Crippen LogP contribution is 2.30. The number of primary amides is 1. The van der Waals surface area contributed by atoms with E-state index in [0.29, 0.717) is 5.76 Å². The summed E-state index contributed by atoms with van der Waals surface area (Å²) in [5.74, 6) is -0.979. The molecule has 0 bridgehead atoms. The smallest absolute Gasteiger partial charge is 0.240 e. The summed E-state index contributed by atoms with van der Waals surface area (Å²) >= 11 is 0. The number of aliphatic hydroxyl groups is 1. The SMILES string of the molecule is CC(C)[C@@H](C(=O)N1C[C@H](O)C[C@H]1C(N)=O)c1ccno1. The number of amides is 2. The van der Waals surface area contributed by atoms with Crippen LogP contribution in [0.25, 0.3) is 0 Å². The second-order valence-electron chi connectivity index (χ2n) is 5.43. The maximum absolute atomic E-state index is 12.7. The largest absolute Gasteiger partial charge is 0.391 e. The van der Waals surface area contributed by atoms with Crippen molar-refractivity contribution in [2.24, 2.45) is 11.7 Å². The molecule has 1 fully saturated rings. The fraction of sp³-hybridized carbons (Fsp3) is 0.615. The van der Waals surface area contributed by atoms with Crippen LogP contribution >= 0.6 is 0 Å². The van der Waals surface area contributed by atoms with E-state index in [4.69, 9.17) is 10.3 Å². The van der Waals surface area contributed by atoms with Gasteiger partial charge in [-0.05, 0) is 5.92 Å². The Morgan fingerprint density at radius 1 is 1.55 bits per heavy atom. The number of hydrogen-bond donors (Lipinski definition) is 2. The third-order valence-corrected chi connectivity index (χ3v) is 3.59. The van der Waals surface area contributed by atoms with Crippen LogP contribution in [0.4, 0.5) is 0 Å². The summed E-state index contributed by atoms with van der Waals surface area (Å²) in [4.78, 5) is 25.4. The van der Waals surface area contributed by atoms with Crippen LogP contribution in [0.3, 0.4) is 0 Å². The summed E-state index contributed by atoms with van der Waals surface area (Å²) in [5.41, 5.74) is 5.30. The van der Waals surface area contributed by atoms with Crippen molar-refractivity contribution in [2.75, 3.05) is 6.54 Å². The lowest BCUT2D eigenvalue weighted by Gasteiger charge is -2.27. The molecule has 1 aliphatic heterocycles. The van der Waals surface area contributed by atoms with Crippen molar-refractivity contribution in [1.29, 1.82) is 0 Å². The number of nitrogens with two attached hydrogens (primary N) is 1. The molecule has 3 atom stereocenters. The van der Waals surface area contributed by atoms with Crippen molar-refractivity contribution in [3.8, 4) is 0 Å². The third kappa shape index (κ3) is 2.67. The number of hydrogen-bond acceptors (Lipinski definition) is 5. The van der Waals surface area contributed by atoms with Crippen LogP contribution in [-0.4, -0.2) is 45.7 Å². The molecule has 2 rings (SSSR count). The molecule has 7 nitrogen and oxygen atoms in total. The van der Waals surface area contributed by atoms with Gasteiger partial charge >= 0.3 is 0 Å². The number of rotatable bonds is 4. The molecule has 2 amide bonds. The van der Waals surface area contributed by atoms with Crippen LogP contribution in [0.2, 0.25) is 0 Å². The lowest BCUT2D eigenvalue weighted by Crippen LogP contribution is -2.46. The van der Waals surface area contributed by atoms with Crippen molar-refractivity contribution in [1.82, 2.24) is 10.1 Å². The van der Waals surface area contributed by atoms with Gasteiger partial charge in [0.05, 0.1) is 12.3 Å². The molecule has 7 heteroatoms. The predicted molar refractivity (Wildman–Crippen MR) is 69.4 cm³/mol. The maximum Gasteiger partial charge on any atom is 0.240 e. The number of aliphatic hydroxyl groups excluding tert-OH is 1. The van der Waals surface area contributed by atoms with E-state index in [1.54, 1.807) is 6.07 Å². The zero-order valence-electron chi connectivity index (χ0n) is 11.5. The Balaban J connectivity index is 2.26. The van der Waals surface area contributed by atoms with Crippen LogP contribution in [0, 0.1) is 5.92 Å². The molecule has 20 heavy (non-hydrogen) atoms. The summed E-state index contributed by atoms with van der Waals surface area (Å²) in [5, 5.41) is 13.3. The average Bonchev–Trinajstić information content (AvgIpc) is 2.97. The highest BCUT2D eigenvalue weighted by molar-refractivity contribution is 5.90. The molecule has 0 radical (unpaired) electrons. The second-order valence-corrected chi connectivity index (χ2v) is 5.43. The minimum atomic E-state index is -0.762. The molecule has 3 N–H and O–H groups in total. The zero-order valence-corrected chi connectivity index (χ0v) is 11.5. The van der Waals surface area contributed by atoms with Crippen LogP contribution in [0.5, 0.6) is 0 Å². The van der Waals surface area contributed by atoms with Gasteiger partial charge in [-0.25, -0.2) is 0 Å². The van der Waals surface area contributed by atoms with E-state index in [2.05, 4.69) is 5.16 Å². The predicted octanol–water partition coefficient (Wildman–Crippen LogP) is -0.139. The molecule has 0 aromatic carbocycles. The van der Waals surface area contributed by atoms with Gasteiger partial charge in [-0.2, -0.15) is 0 Å². The first-order valence-electron chi connectivity index (χ1n) is 6.60. The monoisotopic (exact) mass is 281 g/mol. The molecule has 1 aromatic rings. The van der Waals surface area contributed by atoms with Crippen molar-refractivity contribution < 1.29 is 19.2 Å². The van der Waals surface area contributed by atoms with E-state index < -0.39 is 24.0 Å². The summed E-state index contributed by atoms with van der Waals surface area (Å²) in [6.45, 7) is 3.89. The van der Waals surface area contributed by atoms with Gasteiger partial charge in [-0.1, -0.05) is 19.0 Å². The van der Waals surface area contributed by atoms with E-state index in [0.717, 1.165) is 0 Å². The second kappa shape index (κ2) is 5.62. The van der Waals surface area contributed by atoms with E-state index in [9.17, 15) is 14.7 Å². The average molecular weight is 281 g/mol. The normalized spacial score (nSPS) is 24.1. The standard InChI is InChI=1S/C13H19N3O4/c1-7(2)11(10-3-4-15-20-10)13(19)16-6-8(17)5-9(16)12(14)18/h3-4,7-9,11,17H,5-6H2,1-2H3,(H2,14,18)/t8-,9+,11-/m1/s1. The number of aromatic nitrogens is 1. The van der Waals surface area contributed by atoms with Crippen LogP contribution in [0.1, 0.15) is 31.9 Å². The fourth-order valence-corrected chi connectivity index (χ4v) is 2.63. The molecule has 1 saturated heterocycles. The van der Waals surface area contributed by atoms with Gasteiger partial charge < -0.3 is 20.3 Å². The molecule has 110 valence electrons. The van der Waals surface area contributed by atoms with Gasteiger partial charge in [0.2, 0.25) is 11.8 Å². The Morgan fingerprint density at radius 3 is 2.75 bits per heavy atom. The number of carbonyl (C=O) groups is 2. The fourth-order valence-electron chi connectivity index (χ4n) is 2.63. The third-order valence-electron chi connectivity index (χ3n) is 3.59. The molecular weight excluding hydrogens is 262 g/mol. The molecule has 2 heterocycles. The maximum atomic E-state index is 12.7.